The average molecular weight is 312 g/mol. The van der Waals surface area contributed by atoms with Gasteiger partial charge in [-0.2, -0.15) is 0 Å². The quantitative estimate of drug-likeness (QED) is 0.887. The molecule has 1 heterocycles. The largest absolute Gasteiger partial charge is 0.356 e. The number of para-hydroxylation sites is 1. The molecule has 5 nitrogen and oxygen atoms in total. The van der Waals surface area contributed by atoms with Gasteiger partial charge in [-0.25, -0.2) is 9.97 Å². The molecule has 0 atom stereocenters. The monoisotopic (exact) mass is 312 g/mol. The van der Waals surface area contributed by atoms with Crippen LogP contribution >= 0.6 is 0 Å². The molecule has 122 valence electrons. The van der Waals surface area contributed by atoms with Gasteiger partial charge in [0, 0.05) is 18.8 Å². The third-order valence-corrected chi connectivity index (χ3v) is 3.94. The van der Waals surface area contributed by atoms with Crippen LogP contribution in [0, 0.1) is 6.92 Å². The molecule has 0 aliphatic rings. The molecule has 2 rings (SSSR count). The van der Waals surface area contributed by atoms with Crippen LogP contribution in [-0.2, 0) is 6.42 Å². The summed E-state index contributed by atoms with van der Waals surface area (Å²) in [5.74, 6) is 0.560. The summed E-state index contributed by atoms with van der Waals surface area (Å²) < 4.78 is 0. The van der Waals surface area contributed by atoms with Crippen LogP contribution in [0.15, 0.2) is 30.6 Å². The Morgan fingerprint density at radius 3 is 2.43 bits per heavy atom. The lowest BCUT2D eigenvalue weighted by Crippen LogP contribution is -2.24. The van der Waals surface area contributed by atoms with Crippen LogP contribution in [0.1, 0.15) is 42.4 Å². The molecular weight excluding hydrogens is 288 g/mol. The van der Waals surface area contributed by atoms with E-state index in [1.807, 2.05) is 25.1 Å². The lowest BCUT2D eigenvalue weighted by atomic mass is 10.1. The first kappa shape index (κ1) is 16.9. The minimum atomic E-state index is -0.229. The van der Waals surface area contributed by atoms with Crippen LogP contribution < -0.4 is 10.2 Å². The number of aryl methyl sites for hydroxylation is 2. The number of carbonyl (C=O) groups is 1. The molecule has 0 aliphatic carbocycles. The maximum Gasteiger partial charge on any atom is 0.275 e. The molecule has 1 aromatic heterocycles. The summed E-state index contributed by atoms with van der Waals surface area (Å²) in [7, 11) is 0. The zero-order valence-electron chi connectivity index (χ0n) is 14.3. The molecule has 0 fully saturated rings. The summed E-state index contributed by atoms with van der Waals surface area (Å²) in [6.45, 7) is 9.92. The molecule has 0 saturated carbocycles. The molecule has 0 spiro atoms. The van der Waals surface area contributed by atoms with E-state index in [1.54, 1.807) is 6.20 Å². The van der Waals surface area contributed by atoms with Crippen molar-refractivity contribution in [2.75, 3.05) is 23.3 Å². The van der Waals surface area contributed by atoms with Crippen molar-refractivity contribution in [3.8, 4) is 0 Å². The van der Waals surface area contributed by atoms with Crippen LogP contribution in [0.4, 0.5) is 11.5 Å². The Kier molecular flexibility index (Phi) is 5.68. The highest BCUT2D eigenvalue weighted by Gasteiger charge is 2.13. The van der Waals surface area contributed by atoms with Crippen molar-refractivity contribution >= 4 is 17.4 Å². The highest BCUT2D eigenvalue weighted by Crippen LogP contribution is 2.21. The molecule has 2 aromatic rings. The fraction of sp³-hybridized carbons (Fsp3) is 0.389. The van der Waals surface area contributed by atoms with E-state index in [0.717, 1.165) is 42.1 Å². The summed E-state index contributed by atoms with van der Waals surface area (Å²) in [4.78, 5) is 23.1. The van der Waals surface area contributed by atoms with Gasteiger partial charge in [0.1, 0.15) is 11.5 Å². The fourth-order valence-electron chi connectivity index (χ4n) is 2.53. The topological polar surface area (TPSA) is 58.1 Å². The van der Waals surface area contributed by atoms with Gasteiger partial charge in [-0.05, 0) is 38.3 Å². The number of hydrogen-bond donors (Lipinski definition) is 1. The minimum absolute atomic E-state index is 0.229. The summed E-state index contributed by atoms with van der Waals surface area (Å²) in [5.41, 5.74) is 3.36. The summed E-state index contributed by atoms with van der Waals surface area (Å²) in [6, 6.07) is 6.02. The first-order chi connectivity index (χ1) is 11.1. The SMILES string of the molecule is CCc1cccc(C)c1NC(=O)c1cnc(N(CC)CC)cn1. The van der Waals surface area contributed by atoms with Crippen molar-refractivity contribution in [1.82, 2.24) is 9.97 Å². The first-order valence-electron chi connectivity index (χ1n) is 8.07. The Balaban J connectivity index is 2.19. The van der Waals surface area contributed by atoms with E-state index in [0.29, 0.717) is 5.69 Å². The maximum absolute atomic E-state index is 12.4. The first-order valence-corrected chi connectivity index (χ1v) is 8.07. The van der Waals surface area contributed by atoms with Gasteiger partial charge in [0.2, 0.25) is 0 Å². The van der Waals surface area contributed by atoms with Crippen molar-refractivity contribution in [2.24, 2.45) is 0 Å². The van der Waals surface area contributed by atoms with Crippen LogP contribution in [-0.4, -0.2) is 29.0 Å². The highest BCUT2D eigenvalue weighted by molar-refractivity contribution is 6.03. The second-order valence-corrected chi connectivity index (χ2v) is 5.35. The Labute approximate surface area is 137 Å². The smallest absolute Gasteiger partial charge is 0.275 e. The number of aromatic nitrogens is 2. The predicted octanol–water partition coefficient (Wildman–Crippen LogP) is 3.45. The van der Waals surface area contributed by atoms with Crippen LogP contribution in [0.25, 0.3) is 0 Å². The van der Waals surface area contributed by atoms with Crippen molar-refractivity contribution in [3.63, 3.8) is 0 Å². The van der Waals surface area contributed by atoms with Gasteiger partial charge in [-0.3, -0.25) is 4.79 Å². The molecule has 0 saturated heterocycles. The Bertz CT molecular complexity index is 663. The Hall–Kier alpha value is -2.43. The molecule has 0 unspecified atom stereocenters. The van der Waals surface area contributed by atoms with E-state index < -0.39 is 0 Å². The van der Waals surface area contributed by atoms with Gasteiger partial charge in [-0.15, -0.1) is 0 Å². The summed E-state index contributed by atoms with van der Waals surface area (Å²) in [6.07, 6.45) is 4.05. The zero-order valence-corrected chi connectivity index (χ0v) is 14.3. The van der Waals surface area contributed by atoms with E-state index >= 15 is 0 Å². The van der Waals surface area contributed by atoms with E-state index in [1.165, 1.54) is 6.20 Å². The van der Waals surface area contributed by atoms with Gasteiger partial charge >= 0.3 is 0 Å². The van der Waals surface area contributed by atoms with Gasteiger partial charge < -0.3 is 10.2 Å². The zero-order chi connectivity index (χ0) is 16.8. The lowest BCUT2D eigenvalue weighted by molar-refractivity contribution is 0.102. The number of benzene rings is 1. The molecule has 1 N–H and O–H groups in total. The fourth-order valence-corrected chi connectivity index (χ4v) is 2.53. The Morgan fingerprint density at radius 2 is 1.87 bits per heavy atom. The van der Waals surface area contributed by atoms with Crippen molar-refractivity contribution in [3.05, 3.63) is 47.4 Å². The second-order valence-electron chi connectivity index (χ2n) is 5.35. The Morgan fingerprint density at radius 1 is 1.13 bits per heavy atom. The summed E-state index contributed by atoms with van der Waals surface area (Å²) in [5, 5.41) is 2.97. The van der Waals surface area contributed by atoms with Crippen molar-refractivity contribution in [2.45, 2.75) is 34.1 Å². The number of carbonyl (C=O) groups excluding carboxylic acids is 1. The molecule has 0 aliphatic heterocycles. The highest BCUT2D eigenvalue weighted by atomic mass is 16.1. The molecule has 1 amide bonds. The number of hydrogen-bond acceptors (Lipinski definition) is 4. The molecule has 5 heteroatoms. The number of nitrogens with one attached hydrogen (secondary N) is 1. The minimum Gasteiger partial charge on any atom is -0.356 e. The molecular formula is C18H24N4O. The van der Waals surface area contributed by atoms with Crippen LogP contribution in [0.2, 0.25) is 0 Å². The third-order valence-electron chi connectivity index (χ3n) is 3.94. The van der Waals surface area contributed by atoms with E-state index in [2.05, 4.69) is 41.0 Å². The molecule has 0 bridgehead atoms. The molecule has 23 heavy (non-hydrogen) atoms. The maximum atomic E-state index is 12.4. The normalized spacial score (nSPS) is 10.4. The average Bonchev–Trinajstić information content (AvgIpc) is 2.58. The van der Waals surface area contributed by atoms with E-state index in [-0.39, 0.29) is 5.91 Å². The third kappa shape index (κ3) is 3.86. The molecule has 0 radical (unpaired) electrons. The summed E-state index contributed by atoms with van der Waals surface area (Å²) >= 11 is 0. The number of nitrogens with zero attached hydrogens (tertiary/aromatic N) is 3. The molecule has 1 aromatic carbocycles. The number of rotatable bonds is 6. The second kappa shape index (κ2) is 7.72. The number of amides is 1. The van der Waals surface area contributed by atoms with Gasteiger partial charge in [0.25, 0.3) is 5.91 Å². The van der Waals surface area contributed by atoms with E-state index in [9.17, 15) is 4.79 Å². The van der Waals surface area contributed by atoms with Gasteiger partial charge in [-0.1, -0.05) is 25.1 Å². The number of anilines is 2. The van der Waals surface area contributed by atoms with Crippen molar-refractivity contribution < 1.29 is 4.79 Å². The van der Waals surface area contributed by atoms with Crippen LogP contribution in [0.3, 0.4) is 0 Å². The van der Waals surface area contributed by atoms with Gasteiger partial charge in [0.05, 0.1) is 12.4 Å². The van der Waals surface area contributed by atoms with Crippen LogP contribution in [0.5, 0.6) is 0 Å². The lowest BCUT2D eigenvalue weighted by Gasteiger charge is -2.19. The standard InChI is InChI=1S/C18H24N4O/c1-5-14-10-8-9-13(4)17(14)21-18(23)15-11-20-16(12-19-15)22(6-2)7-3/h8-12H,5-7H2,1-4H3,(H,21,23). The predicted molar refractivity (Wildman–Crippen MR) is 94.1 cm³/mol. The van der Waals surface area contributed by atoms with Crippen molar-refractivity contribution in [1.29, 1.82) is 0 Å². The van der Waals surface area contributed by atoms with Gasteiger partial charge in [0.15, 0.2) is 0 Å². The van der Waals surface area contributed by atoms with E-state index in [4.69, 9.17) is 0 Å².